The summed E-state index contributed by atoms with van der Waals surface area (Å²) in [6, 6.07) is 19.1. The number of benzene rings is 3. The Kier molecular flexibility index (Phi) is 6.49. The van der Waals surface area contributed by atoms with E-state index in [9.17, 15) is 14.4 Å². The summed E-state index contributed by atoms with van der Waals surface area (Å²) in [5, 5.41) is 3.72. The molecule has 3 aromatic carbocycles. The normalized spacial score (nSPS) is 11.7. The van der Waals surface area contributed by atoms with Gasteiger partial charge < -0.3 is 24.1 Å². The summed E-state index contributed by atoms with van der Waals surface area (Å²) >= 11 is 0. The van der Waals surface area contributed by atoms with Gasteiger partial charge in [0.1, 0.15) is 18.0 Å². The van der Waals surface area contributed by atoms with Gasteiger partial charge in [-0.15, -0.1) is 0 Å². The third kappa shape index (κ3) is 4.56. The molecule has 4 rings (SSSR count). The van der Waals surface area contributed by atoms with E-state index in [2.05, 4.69) is 5.32 Å². The fourth-order valence-electron chi connectivity index (χ4n) is 3.79. The van der Waals surface area contributed by atoms with Crippen molar-refractivity contribution in [3.05, 3.63) is 77.0 Å². The van der Waals surface area contributed by atoms with E-state index in [1.165, 1.54) is 21.1 Å². The molecular weight excluding hydrogens is 436 g/mol. The van der Waals surface area contributed by atoms with Crippen molar-refractivity contribution in [1.82, 2.24) is 4.57 Å². The molecule has 0 aliphatic carbocycles. The molecule has 0 spiro atoms. The van der Waals surface area contributed by atoms with Crippen molar-refractivity contribution in [2.24, 2.45) is 0 Å². The van der Waals surface area contributed by atoms with Gasteiger partial charge in [0, 0.05) is 34.7 Å². The number of fused-ring (bicyclic) bond motifs is 2. The van der Waals surface area contributed by atoms with Gasteiger partial charge >= 0.3 is 5.97 Å². The molecule has 0 saturated heterocycles. The standard InChI is InChI=1S/C26H24N2O6/c1-16(26(31)27-17-12-18(32-2)14-19(13-17)33-3)34-24(29)15-28-22-10-6-4-8-20(22)25(30)21-9-5-7-11-23(21)28/h4-14,16H,15H2,1-3H3,(H,27,31). The van der Waals surface area contributed by atoms with E-state index in [1.54, 1.807) is 71.3 Å². The van der Waals surface area contributed by atoms with Crippen LogP contribution < -0.4 is 20.2 Å². The van der Waals surface area contributed by atoms with Crippen LogP contribution >= 0.6 is 0 Å². The first-order valence-corrected chi connectivity index (χ1v) is 10.6. The molecule has 1 atom stereocenters. The van der Waals surface area contributed by atoms with Crippen LogP contribution in [0.3, 0.4) is 0 Å². The minimum absolute atomic E-state index is 0.0997. The highest BCUT2D eigenvalue weighted by atomic mass is 16.5. The molecule has 1 heterocycles. The van der Waals surface area contributed by atoms with Crippen LogP contribution in [0, 0.1) is 0 Å². The molecule has 1 unspecified atom stereocenters. The highest BCUT2D eigenvalue weighted by molar-refractivity contribution is 5.96. The lowest BCUT2D eigenvalue weighted by Crippen LogP contribution is -2.31. The number of nitrogens with one attached hydrogen (secondary N) is 1. The maximum Gasteiger partial charge on any atom is 0.326 e. The second-order valence-corrected chi connectivity index (χ2v) is 7.67. The van der Waals surface area contributed by atoms with E-state index in [0.717, 1.165) is 0 Å². The lowest BCUT2D eigenvalue weighted by atomic mass is 10.1. The molecule has 8 nitrogen and oxygen atoms in total. The van der Waals surface area contributed by atoms with Crippen LogP contribution in [0.4, 0.5) is 5.69 Å². The van der Waals surface area contributed by atoms with Crippen molar-refractivity contribution < 1.29 is 23.8 Å². The molecule has 1 aromatic heterocycles. The summed E-state index contributed by atoms with van der Waals surface area (Å²) in [5.41, 5.74) is 1.58. The summed E-state index contributed by atoms with van der Waals surface area (Å²) in [6.07, 6.45) is -1.05. The summed E-state index contributed by atoms with van der Waals surface area (Å²) in [4.78, 5) is 38.3. The van der Waals surface area contributed by atoms with Crippen molar-refractivity contribution in [3.8, 4) is 11.5 Å². The van der Waals surface area contributed by atoms with E-state index in [0.29, 0.717) is 39.0 Å². The number of carbonyl (C=O) groups is 2. The molecule has 0 fully saturated rings. The highest BCUT2D eigenvalue weighted by Gasteiger charge is 2.20. The Bertz CT molecular complexity index is 1360. The van der Waals surface area contributed by atoms with Gasteiger partial charge in [-0.1, -0.05) is 24.3 Å². The van der Waals surface area contributed by atoms with Crippen LogP contribution in [-0.4, -0.2) is 36.8 Å². The Morgan fingerprint density at radius 2 is 1.41 bits per heavy atom. The van der Waals surface area contributed by atoms with Gasteiger partial charge in [-0.25, -0.2) is 0 Å². The number of esters is 1. The summed E-state index contributed by atoms with van der Waals surface area (Å²) in [6.45, 7) is 1.33. The minimum Gasteiger partial charge on any atom is -0.497 e. The Morgan fingerprint density at radius 3 is 1.94 bits per heavy atom. The van der Waals surface area contributed by atoms with Gasteiger partial charge in [0.2, 0.25) is 0 Å². The molecule has 0 aliphatic heterocycles. The first-order valence-electron chi connectivity index (χ1n) is 10.6. The number of methoxy groups -OCH3 is 2. The van der Waals surface area contributed by atoms with Crippen molar-refractivity contribution in [3.63, 3.8) is 0 Å². The van der Waals surface area contributed by atoms with E-state index in [1.807, 2.05) is 0 Å². The van der Waals surface area contributed by atoms with Crippen LogP contribution in [0.2, 0.25) is 0 Å². The molecule has 8 heteroatoms. The molecule has 0 saturated carbocycles. The zero-order chi connectivity index (χ0) is 24.2. The van der Waals surface area contributed by atoms with Crippen LogP contribution in [0.15, 0.2) is 71.5 Å². The topological polar surface area (TPSA) is 95.9 Å². The fraction of sp³-hybridized carbons (Fsp3) is 0.192. The maximum absolute atomic E-state index is 12.9. The van der Waals surface area contributed by atoms with Crippen molar-refractivity contribution in [1.29, 1.82) is 0 Å². The third-order valence-electron chi connectivity index (χ3n) is 5.46. The zero-order valence-electron chi connectivity index (χ0n) is 19.0. The number of para-hydroxylation sites is 2. The predicted octanol–water partition coefficient (Wildman–Crippen LogP) is 3.74. The molecule has 34 heavy (non-hydrogen) atoms. The first kappa shape index (κ1) is 22.8. The number of rotatable bonds is 7. The highest BCUT2D eigenvalue weighted by Crippen LogP contribution is 2.26. The van der Waals surface area contributed by atoms with Crippen LogP contribution in [0.1, 0.15) is 6.92 Å². The average molecular weight is 460 g/mol. The largest absolute Gasteiger partial charge is 0.497 e. The molecule has 0 radical (unpaired) electrons. The Balaban J connectivity index is 1.54. The molecular formula is C26H24N2O6. The lowest BCUT2D eigenvalue weighted by Gasteiger charge is -2.17. The van der Waals surface area contributed by atoms with E-state index >= 15 is 0 Å². The fourth-order valence-corrected chi connectivity index (χ4v) is 3.79. The van der Waals surface area contributed by atoms with Gasteiger partial charge in [-0.2, -0.15) is 0 Å². The van der Waals surface area contributed by atoms with E-state index < -0.39 is 18.0 Å². The number of hydrogen-bond acceptors (Lipinski definition) is 6. The molecule has 1 N–H and O–H groups in total. The second kappa shape index (κ2) is 9.66. The quantitative estimate of drug-likeness (QED) is 0.333. The summed E-state index contributed by atoms with van der Waals surface area (Å²) in [5.74, 6) is -0.0874. The van der Waals surface area contributed by atoms with Gasteiger partial charge in [-0.3, -0.25) is 14.4 Å². The first-order chi connectivity index (χ1) is 16.4. The van der Waals surface area contributed by atoms with Gasteiger partial charge in [0.15, 0.2) is 11.5 Å². The number of ether oxygens (including phenoxy) is 3. The zero-order valence-corrected chi connectivity index (χ0v) is 19.0. The Labute approximate surface area is 195 Å². The Hall–Kier alpha value is -4.33. The third-order valence-corrected chi connectivity index (χ3v) is 5.46. The van der Waals surface area contributed by atoms with Crippen molar-refractivity contribution >= 4 is 39.4 Å². The van der Waals surface area contributed by atoms with E-state index in [-0.39, 0.29) is 12.0 Å². The molecule has 0 aliphatic rings. The SMILES string of the molecule is COc1cc(NC(=O)C(C)OC(=O)Cn2c3ccccc3c(=O)c3ccccc32)cc(OC)c1. The van der Waals surface area contributed by atoms with Crippen LogP contribution in [0.5, 0.6) is 11.5 Å². The second-order valence-electron chi connectivity index (χ2n) is 7.67. The van der Waals surface area contributed by atoms with E-state index in [4.69, 9.17) is 14.2 Å². The number of carbonyl (C=O) groups excluding carboxylic acids is 2. The summed E-state index contributed by atoms with van der Waals surface area (Å²) < 4.78 is 17.6. The van der Waals surface area contributed by atoms with Crippen molar-refractivity contribution in [2.75, 3.05) is 19.5 Å². The monoisotopic (exact) mass is 460 g/mol. The Morgan fingerprint density at radius 1 is 0.882 bits per heavy atom. The molecule has 174 valence electrons. The number of hydrogen-bond donors (Lipinski definition) is 1. The van der Waals surface area contributed by atoms with Gasteiger partial charge in [-0.05, 0) is 31.2 Å². The minimum atomic E-state index is -1.05. The number of aromatic nitrogens is 1. The smallest absolute Gasteiger partial charge is 0.326 e. The number of nitrogens with zero attached hydrogens (tertiary/aromatic N) is 1. The predicted molar refractivity (Wildman–Crippen MR) is 129 cm³/mol. The number of amides is 1. The van der Waals surface area contributed by atoms with Gasteiger partial charge in [0.05, 0.1) is 25.3 Å². The summed E-state index contributed by atoms with van der Waals surface area (Å²) in [7, 11) is 3.02. The number of anilines is 1. The van der Waals surface area contributed by atoms with Gasteiger partial charge in [0.25, 0.3) is 5.91 Å². The molecule has 0 bridgehead atoms. The molecule has 4 aromatic rings. The maximum atomic E-state index is 12.9. The van der Waals surface area contributed by atoms with Crippen molar-refractivity contribution in [2.45, 2.75) is 19.6 Å². The van der Waals surface area contributed by atoms with Crippen LogP contribution in [-0.2, 0) is 20.9 Å². The number of pyridine rings is 1. The van der Waals surface area contributed by atoms with Crippen LogP contribution in [0.25, 0.3) is 21.8 Å². The average Bonchev–Trinajstić information content (AvgIpc) is 2.86. The lowest BCUT2D eigenvalue weighted by molar-refractivity contribution is -0.153. The molecule has 1 amide bonds.